The van der Waals surface area contributed by atoms with Crippen LogP contribution in [0.2, 0.25) is 5.02 Å². The van der Waals surface area contributed by atoms with Crippen molar-refractivity contribution < 1.29 is 13.6 Å². The van der Waals surface area contributed by atoms with Crippen molar-refractivity contribution in [2.75, 3.05) is 0 Å². The maximum atomic E-state index is 13.1. The molecule has 0 radical (unpaired) electrons. The minimum absolute atomic E-state index is 0.0917. The Kier molecular flexibility index (Phi) is 3.97. The predicted molar refractivity (Wildman–Crippen MR) is 74.0 cm³/mol. The maximum Gasteiger partial charge on any atom is 0.194 e. The van der Waals surface area contributed by atoms with Crippen LogP contribution in [0.5, 0.6) is 0 Å². The molecule has 0 saturated carbocycles. The number of rotatable bonds is 2. The second kappa shape index (κ2) is 5.32. The Balaban J connectivity index is 2.47. The molecular formula is C13H6ClF2IO. The molecule has 2 rings (SSSR count). The number of ketones is 1. The molecule has 0 fully saturated rings. The zero-order chi connectivity index (χ0) is 13.3. The quantitative estimate of drug-likeness (QED) is 0.557. The Labute approximate surface area is 121 Å². The largest absolute Gasteiger partial charge is 0.289 e. The first-order chi connectivity index (χ1) is 8.49. The van der Waals surface area contributed by atoms with Gasteiger partial charge in [-0.3, -0.25) is 4.79 Å². The van der Waals surface area contributed by atoms with Crippen LogP contribution >= 0.6 is 34.2 Å². The molecule has 0 saturated heterocycles. The highest BCUT2D eigenvalue weighted by molar-refractivity contribution is 14.1. The van der Waals surface area contributed by atoms with Gasteiger partial charge in [-0.2, -0.15) is 0 Å². The fraction of sp³-hybridized carbons (Fsp3) is 0. The summed E-state index contributed by atoms with van der Waals surface area (Å²) in [5.41, 5.74) is 0.461. The number of hydrogen-bond donors (Lipinski definition) is 0. The second-order valence-electron chi connectivity index (χ2n) is 3.58. The van der Waals surface area contributed by atoms with Crippen LogP contribution in [0.25, 0.3) is 0 Å². The lowest BCUT2D eigenvalue weighted by Crippen LogP contribution is -2.04. The van der Waals surface area contributed by atoms with E-state index in [0.29, 0.717) is 14.2 Å². The van der Waals surface area contributed by atoms with Gasteiger partial charge in [0.25, 0.3) is 0 Å². The van der Waals surface area contributed by atoms with Crippen molar-refractivity contribution in [1.82, 2.24) is 0 Å². The summed E-state index contributed by atoms with van der Waals surface area (Å²) in [6.07, 6.45) is 0. The van der Waals surface area contributed by atoms with Crippen molar-refractivity contribution in [2.24, 2.45) is 0 Å². The minimum Gasteiger partial charge on any atom is -0.289 e. The normalized spacial score (nSPS) is 10.4. The molecule has 2 aromatic rings. The maximum absolute atomic E-state index is 13.1. The predicted octanol–water partition coefficient (Wildman–Crippen LogP) is 4.45. The van der Waals surface area contributed by atoms with Crippen LogP contribution in [0.1, 0.15) is 15.9 Å². The third kappa shape index (κ3) is 2.70. The summed E-state index contributed by atoms with van der Waals surface area (Å²) in [5.74, 6) is -2.41. The van der Waals surface area contributed by atoms with E-state index in [1.165, 1.54) is 12.1 Å². The minimum atomic E-state index is -1.04. The molecular weight excluding hydrogens is 372 g/mol. The van der Waals surface area contributed by atoms with Crippen molar-refractivity contribution in [3.63, 3.8) is 0 Å². The van der Waals surface area contributed by atoms with Crippen molar-refractivity contribution in [2.45, 2.75) is 0 Å². The zero-order valence-electron chi connectivity index (χ0n) is 8.88. The summed E-state index contributed by atoms with van der Waals surface area (Å²) >= 11 is 7.80. The Morgan fingerprint density at radius 2 is 1.78 bits per heavy atom. The van der Waals surface area contributed by atoms with Crippen LogP contribution in [0.4, 0.5) is 8.78 Å². The molecule has 18 heavy (non-hydrogen) atoms. The summed E-state index contributed by atoms with van der Waals surface area (Å²) < 4.78 is 26.6. The first-order valence-electron chi connectivity index (χ1n) is 4.94. The van der Waals surface area contributed by atoms with Crippen molar-refractivity contribution >= 4 is 40.0 Å². The van der Waals surface area contributed by atoms with Gasteiger partial charge in [-0.25, -0.2) is 8.78 Å². The standard InChI is InChI=1S/C13H6ClF2IO/c14-8-2-4-12(17)9(6-8)13(18)7-1-3-10(15)11(16)5-7/h1-6H. The van der Waals surface area contributed by atoms with E-state index in [0.717, 1.165) is 12.1 Å². The number of benzene rings is 2. The first-order valence-corrected chi connectivity index (χ1v) is 6.39. The Bertz CT molecular complexity index is 628. The molecule has 1 nitrogen and oxygen atoms in total. The van der Waals surface area contributed by atoms with Crippen LogP contribution in [-0.4, -0.2) is 5.78 Å². The lowest BCUT2D eigenvalue weighted by atomic mass is 10.0. The van der Waals surface area contributed by atoms with Crippen LogP contribution in [0.3, 0.4) is 0 Å². The molecule has 5 heteroatoms. The highest BCUT2D eigenvalue weighted by Crippen LogP contribution is 2.21. The summed E-state index contributed by atoms with van der Waals surface area (Å²) in [7, 11) is 0. The van der Waals surface area contributed by atoms with E-state index in [4.69, 9.17) is 11.6 Å². The van der Waals surface area contributed by atoms with Crippen LogP contribution in [0.15, 0.2) is 36.4 Å². The van der Waals surface area contributed by atoms with E-state index in [1.54, 1.807) is 12.1 Å². The molecule has 0 aliphatic rings. The highest BCUT2D eigenvalue weighted by Gasteiger charge is 2.15. The Hall–Kier alpha value is -1.01. The topological polar surface area (TPSA) is 17.1 Å². The van der Waals surface area contributed by atoms with E-state index < -0.39 is 11.6 Å². The van der Waals surface area contributed by atoms with Gasteiger partial charge < -0.3 is 0 Å². The first kappa shape index (κ1) is 13.4. The van der Waals surface area contributed by atoms with Gasteiger partial charge >= 0.3 is 0 Å². The van der Waals surface area contributed by atoms with Gasteiger partial charge in [-0.1, -0.05) is 11.6 Å². The number of carbonyl (C=O) groups is 1. The lowest BCUT2D eigenvalue weighted by molar-refractivity contribution is 0.103. The third-order valence-electron chi connectivity index (χ3n) is 2.35. The van der Waals surface area contributed by atoms with Crippen LogP contribution in [0, 0.1) is 15.2 Å². The van der Waals surface area contributed by atoms with Crippen molar-refractivity contribution in [3.05, 3.63) is 67.8 Å². The summed E-state index contributed by atoms with van der Waals surface area (Å²) in [6.45, 7) is 0. The average molecular weight is 379 g/mol. The molecule has 0 unspecified atom stereocenters. The molecule has 2 aromatic carbocycles. The second-order valence-corrected chi connectivity index (χ2v) is 5.18. The molecule has 0 heterocycles. The van der Waals surface area contributed by atoms with E-state index in [-0.39, 0.29) is 11.3 Å². The fourth-order valence-corrected chi connectivity index (χ4v) is 2.22. The molecule has 0 N–H and O–H groups in total. The number of carbonyl (C=O) groups excluding carboxylic acids is 1. The molecule has 92 valence electrons. The van der Waals surface area contributed by atoms with Gasteiger partial charge in [-0.05, 0) is 59.0 Å². The van der Waals surface area contributed by atoms with Gasteiger partial charge in [0, 0.05) is 19.7 Å². The monoisotopic (exact) mass is 378 g/mol. The molecule has 0 aliphatic carbocycles. The van der Waals surface area contributed by atoms with Crippen LogP contribution < -0.4 is 0 Å². The van der Waals surface area contributed by atoms with Gasteiger partial charge in [0.15, 0.2) is 17.4 Å². The van der Waals surface area contributed by atoms with Gasteiger partial charge in [0.1, 0.15) is 0 Å². The molecule has 0 aliphatic heterocycles. The molecule has 0 atom stereocenters. The molecule has 0 amide bonds. The summed E-state index contributed by atoms with van der Waals surface area (Å²) in [6, 6.07) is 7.92. The highest BCUT2D eigenvalue weighted by atomic mass is 127. The number of hydrogen-bond acceptors (Lipinski definition) is 1. The fourth-order valence-electron chi connectivity index (χ4n) is 1.46. The van der Waals surface area contributed by atoms with Crippen molar-refractivity contribution in [3.8, 4) is 0 Å². The average Bonchev–Trinajstić information content (AvgIpc) is 2.35. The smallest absolute Gasteiger partial charge is 0.194 e. The van der Waals surface area contributed by atoms with Gasteiger partial charge in [0.05, 0.1) is 0 Å². The van der Waals surface area contributed by atoms with Gasteiger partial charge in [-0.15, -0.1) is 0 Å². The van der Waals surface area contributed by atoms with E-state index in [2.05, 4.69) is 0 Å². The molecule has 0 aromatic heterocycles. The summed E-state index contributed by atoms with van der Waals surface area (Å²) in [5, 5.41) is 0.418. The van der Waals surface area contributed by atoms with Crippen molar-refractivity contribution in [1.29, 1.82) is 0 Å². The Morgan fingerprint density at radius 1 is 1.06 bits per heavy atom. The van der Waals surface area contributed by atoms with Gasteiger partial charge in [0.2, 0.25) is 0 Å². The zero-order valence-corrected chi connectivity index (χ0v) is 11.8. The van der Waals surface area contributed by atoms with Crippen LogP contribution in [-0.2, 0) is 0 Å². The summed E-state index contributed by atoms with van der Waals surface area (Å²) in [4.78, 5) is 12.1. The van der Waals surface area contributed by atoms with E-state index in [9.17, 15) is 13.6 Å². The molecule has 0 bridgehead atoms. The SMILES string of the molecule is O=C(c1ccc(F)c(F)c1)c1cc(Cl)ccc1I. The lowest BCUT2D eigenvalue weighted by Gasteiger charge is -2.05. The molecule has 0 spiro atoms. The van der Waals surface area contributed by atoms with E-state index in [1.807, 2.05) is 22.6 Å². The van der Waals surface area contributed by atoms with E-state index >= 15 is 0 Å². The third-order valence-corrected chi connectivity index (χ3v) is 3.53. The Morgan fingerprint density at radius 3 is 2.44 bits per heavy atom. The number of halogens is 4.